The SMILES string of the molecule is O=C(NC12CC3CC(CC(C3)C1)C2)c1cc(Cl)cc(Cl)c1NC(=O)c1cc(Oc2ccsc2)nn1-c1ncccc1Cl. The van der Waals surface area contributed by atoms with E-state index in [1.54, 1.807) is 24.4 Å². The molecule has 0 atom stereocenters. The highest BCUT2D eigenvalue weighted by Gasteiger charge is 2.51. The van der Waals surface area contributed by atoms with E-state index < -0.39 is 5.91 Å². The van der Waals surface area contributed by atoms with Gasteiger partial charge < -0.3 is 15.4 Å². The number of nitrogens with one attached hydrogen (secondary N) is 2. The molecule has 8 rings (SSSR count). The molecule has 4 aliphatic carbocycles. The van der Waals surface area contributed by atoms with Crippen LogP contribution in [0.25, 0.3) is 5.82 Å². The number of amides is 2. The molecule has 4 fully saturated rings. The molecule has 2 N–H and O–H groups in total. The zero-order valence-electron chi connectivity index (χ0n) is 22.3. The standard InChI is InChI=1S/C30H26Cl3N5O3S/c31-19-9-21(28(39)36-30-12-16-6-17(13-30)8-18(7-16)14-30)26(23(33)10-19)35-29(40)24-11-25(41-20-3-5-42-15-20)37-38(24)27-22(32)2-1-4-34-27/h1-5,9-11,15-18H,6-8,12-14H2,(H,35,40)(H,36,39). The van der Waals surface area contributed by atoms with Crippen LogP contribution in [0.3, 0.4) is 0 Å². The van der Waals surface area contributed by atoms with E-state index in [1.165, 1.54) is 53.5 Å². The largest absolute Gasteiger partial charge is 0.437 e. The minimum absolute atomic E-state index is 0.0827. The molecule has 0 unspecified atom stereocenters. The summed E-state index contributed by atoms with van der Waals surface area (Å²) >= 11 is 20.9. The first-order valence-electron chi connectivity index (χ1n) is 13.8. The molecule has 0 spiro atoms. The predicted molar refractivity (Wildman–Crippen MR) is 164 cm³/mol. The molecule has 0 saturated heterocycles. The molecular weight excluding hydrogens is 617 g/mol. The molecule has 42 heavy (non-hydrogen) atoms. The third kappa shape index (κ3) is 5.28. The Morgan fingerprint density at radius 3 is 2.38 bits per heavy atom. The van der Waals surface area contributed by atoms with Crippen LogP contribution in [-0.2, 0) is 0 Å². The van der Waals surface area contributed by atoms with Crippen LogP contribution in [0.2, 0.25) is 15.1 Å². The van der Waals surface area contributed by atoms with Crippen LogP contribution in [0, 0.1) is 17.8 Å². The maximum atomic E-state index is 13.8. The van der Waals surface area contributed by atoms with Crippen LogP contribution in [0.1, 0.15) is 59.4 Å². The molecule has 0 aliphatic heterocycles. The lowest BCUT2D eigenvalue weighted by molar-refractivity contribution is -0.0166. The number of nitrogens with zero attached hydrogens (tertiary/aromatic N) is 3. The number of ether oxygens (including phenoxy) is 1. The summed E-state index contributed by atoms with van der Waals surface area (Å²) in [5, 5.41) is 15.1. The number of hydrogen-bond donors (Lipinski definition) is 2. The van der Waals surface area contributed by atoms with Crippen LogP contribution >= 0.6 is 46.1 Å². The molecule has 1 aromatic carbocycles. The Labute approximate surface area is 261 Å². The predicted octanol–water partition coefficient (Wildman–Crippen LogP) is 8.03. The number of pyridine rings is 1. The fraction of sp³-hybridized carbons (Fsp3) is 0.333. The van der Waals surface area contributed by atoms with Gasteiger partial charge in [-0.1, -0.05) is 34.8 Å². The topological polar surface area (TPSA) is 98.1 Å². The quantitative estimate of drug-likeness (QED) is 0.213. The van der Waals surface area contributed by atoms with E-state index in [-0.39, 0.29) is 50.1 Å². The van der Waals surface area contributed by atoms with Crippen molar-refractivity contribution >= 4 is 63.6 Å². The second kappa shape index (κ2) is 10.9. The zero-order valence-corrected chi connectivity index (χ0v) is 25.4. The fourth-order valence-electron chi connectivity index (χ4n) is 7.33. The molecule has 8 nitrogen and oxygen atoms in total. The van der Waals surface area contributed by atoms with Crippen molar-refractivity contribution in [1.29, 1.82) is 0 Å². The summed E-state index contributed by atoms with van der Waals surface area (Å²) in [6.45, 7) is 0. The Bertz CT molecular complexity index is 1650. The van der Waals surface area contributed by atoms with Crippen molar-refractivity contribution in [3.8, 4) is 17.4 Å². The summed E-state index contributed by atoms with van der Waals surface area (Å²) in [4.78, 5) is 32.0. The van der Waals surface area contributed by atoms with Gasteiger partial charge >= 0.3 is 0 Å². The van der Waals surface area contributed by atoms with Crippen molar-refractivity contribution in [2.75, 3.05) is 5.32 Å². The molecule has 2 amide bonds. The molecule has 12 heteroatoms. The fourth-order valence-corrected chi connectivity index (χ4v) is 8.62. The summed E-state index contributed by atoms with van der Waals surface area (Å²) < 4.78 is 7.16. The second-order valence-electron chi connectivity index (χ2n) is 11.6. The van der Waals surface area contributed by atoms with Gasteiger partial charge in [0.2, 0.25) is 5.88 Å². The lowest BCUT2D eigenvalue weighted by Crippen LogP contribution is -2.59. The number of carbonyl (C=O) groups excluding carboxylic acids is 2. The van der Waals surface area contributed by atoms with E-state index in [0.29, 0.717) is 28.5 Å². The maximum absolute atomic E-state index is 13.8. The number of benzene rings is 1. The van der Waals surface area contributed by atoms with Gasteiger partial charge in [-0.05, 0) is 92.0 Å². The number of carbonyl (C=O) groups is 2. The number of rotatable bonds is 7. The van der Waals surface area contributed by atoms with Gasteiger partial charge in [0.25, 0.3) is 11.8 Å². The van der Waals surface area contributed by atoms with Gasteiger partial charge in [0.1, 0.15) is 11.4 Å². The van der Waals surface area contributed by atoms with Gasteiger partial charge in [-0.2, -0.15) is 0 Å². The third-order valence-corrected chi connectivity index (χ3v) is 10.0. The average molecular weight is 643 g/mol. The van der Waals surface area contributed by atoms with Gasteiger partial charge in [0.05, 0.1) is 21.3 Å². The Morgan fingerprint density at radius 2 is 1.71 bits per heavy atom. The van der Waals surface area contributed by atoms with Gasteiger partial charge in [-0.15, -0.1) is 16.4 Å². The van der Waals surface area contributed by atoms with Crippen molar-refractivity contribution in [2.24, 2.45) is 17.8 Å². The van der Waals surface area contributed by atoms with E-state index in [2.05, 4.69) is 20.7 Å². The third-order valence-electron chi connectivity index (χ3n) is 8.53. The van der Waals surface area contributed by atoms with Gasteiger partial charge in [0, 0.05) is 28.2 Å². The number of aromatic nitrogens is 3. The minimum atomic E-state index is -0.586. The first-order valence-corrected chi connectivity index (χ1v) is 15.9. The van der Waals surface area contributed by atoms with E-state index >= 15 is 0 Å². The first kappa shape index (κ1) is 27.7. The van der Waals surface area contributed by atoms with Gasteiger partial charge in [0.15, 0.2) is 5.82 Å². The highest BCUT2D eigenvalue weighted by atomic mass is 35.5. The maximum Gasteiger partial charge on any atom is 0.274 e. The lowest BCUT2D eigenvalue weighted by atomic mass is 9.53. The van der Waals surface area contributed by atoms with Crippen molar-refractivity contribution in [2.45, 2.75) is 44.1 Å². The van der Waals surface area contributed by atoms with Crippen LogP contribution in [0.4, 0.5) is 5.69 Å². The molecule has 4 bridgehead atoms. The molecule has 4 aromatic rings. The van der Waals surface area contributed by atoms with Crippen molar-refractivity contribution in [1.82, 2.24) is 20.1 Å². The second-order valence-corrected chi connectivity index (χ2v) is 13.6. The smallest absolute Gasteiger partial charge is 0.274 e. The normalized spacial score (nSPS) is 24.0. The monoisotopic (exact) mass is 641 g/mol. The summed E-state index contributed by atoms with van der Waals surface area (Å²) in [5.74, 6) is 2.06. The van der Waals surface area contributed by atoms with Crippen LogP contribution in [0.5, 0.6) is 11.6 Å². The van der Waals surface area contributed by atoms with Crippen molar-refractivity contribution in [3.05, 3.63) is 79.7 Å². The number of hydrogen-bond acceptors (Lipinski definition) is 6. The summed E-state index contributed by atoms with van der Waals surface area (Å²) in [5.41, 5.74) is 0.213. The molecule has 216 valence electrons. The van der Waals surface area contributed by atoms with Gasteiger partial charge in [-0.25, -0.2) is 9.67 Å². The van der Waals surface area contributed by atoms with Gasteiger partial charge in [-0.3, -0.25) is 9.59 Å². The van der Waals surface area contributed by atoms with Crippen molar-refractivity contribution in [3.63, 3.8) is 0 Å². The molecule has 4 saturated carbocycles. The summed E-state index contributed by atoms with van der Waals surface area (Å²) in [6.07, 6.45) is 8.27. The Hall–Kier alpha value is -3.11. The first-order chi connectivity index (χ1) is 20.2. The van der Waals surface area contributed by atoms with Crippen LogP contribution < -0.4 is 15.4 Å². The average Bonchev–Trinajstić information content (AvgIpc) is 3.59. The molecular formula is C30H26Cl3N5O3S. The molecule has 3 aromatic heterocycles. The van der Waals surface area contributed by atoms with Crippen LogP contribution in [-0.4, -0.2) is 32.1 Å². The van der Waals surface area contributed by atoms with Crippen molar-refractivity contribution < 1.29 is 14.3 Å². The van der Waals surface area contributed by atoms with E-state index in [1.807, 2.05) is 10.8 Å². The van der Waals surface area contributed by atoms with Crippen LogP contribution in [0.15, 0.2) is 53.4 Å². The Morgan fingerprint density at radius 1 is 0.976 bits per heavy atom. The number of halogens is 3. The zero-order chi connectivity index (χ0) is 29.0. The molecule has 4 aliphatic rings. The number of anilines is 1. The minimum Gasteiger partial charge on any atom is -0.437 e. The summed E-state index contributed by atoms with van der Waals surface area (Å²) in [7, 11) is 0. The Kier molecular flexibility index (Phi) is 7.17. The highest BCUT2D eigenvalue weighted by molar-refractivity contribution is 7.08. The highest BCUT2D eigenvalue weighted by Crippen LogP contribution is 2.55. The van der Waals surface area contributed by atoms with E-state index in [9.17, 15) is 9.59 Å². The lowest BCUT2D eigenvalue weighted by Gasteiger charge is -2.56. The summed E-state index contributed by atoms with van der Waals surface area (Å²) in [6, 6.07) is 9.64. The number of thiophene rings is 1. The molecule has 0 radical (unpaired) electrons. The Balaban J connectivity index is 1.21. The molecule has 3 heterocycles. The van der Waals surface area contributed by atoms with E-state index in [4.69, 9.17) is 39.5 Å². The van der Waals surface area contributed by atoms with E-state index in [0.717, 1.165) is 19.3 Å².